The first-order valence-electron chi connectivity index (χ1n) is 5.50. The predicted molar refractivity (Wildman–Crippen MR) is 61.3 cm³/mol. The smallest absolute Gasteiger partial charge is 0.0602 e. The van der Waals surface area contributed by atoms with Crippen molar-refractivity contribution in [3.05, 3.63) is 0 Å². The Kier molecular flexibility index (Phi) is 5.64. The number of nitrogens with two attached hydrogens (primary N) is 1. The molecule has 2 unspecified atom stereocenters. The Morgan fingerprint density at radius 3 is 2.14 bits per heavy atom. The first-order valence-corrected chi connectivity index (χ1v) is 5.50. The van der Waals surface area contributed by atoms with E-state index in [0.29, 0.717) is 0 Å². The zero-order valence-electron chi connectivity index (χ0n) is 10.2. The number of aliphatic hydroxyl groups is 1. The molecule has 3 N–H and O–H groups in total. The third-order valence-corrected chi connectivity index (χ3v) is 3.47. The summed E-state index contributed by atoms with van der Waals surface area (Å²) >= 11 is 0. The van der Waals surface area contributed by atoms with Gasteiger partial charge in [0, 0.05) is 17.6 Å². The summed E-state index contributed by atoms with van der Waals surface area (Å²) in [6, 6.07) is 0.116. The van der Waals surface area contributed by atoms with Gasteiger partial charge in [-0.1, -0.05) is 13.8 Å². The molecule has 3 heteroatoms. The van der Waals surface area contributed by atoms with Gasteiger partial charge in [0.1, 0.15) is 0 Å². The summed E-state index contributed by atoms with van der Waals surface area (Å²) in [6.07, 6.45) is 1.95. The Morgan fingerprint density at radius 2 is 1.86 bits per heavy atom. The number of nitrogens with zero attached hydrogens (tertiary/aromatic N) is 1. The Hall–Kier alpha value is -0.120. The highest BCUT2D eigenvalue weighted by Crippen LogP contribution is 2.20. The van der Waals surface area contributed by atoms with Crippen molar-refractivity contribution in [3.8, 4) is 0 Å². The number of likely N-dealkylation sites (N-methyl/N-ethyl adjacent to an activating group) is 1. The fraction of sp³-hybridized carbons (Fsp3) is 1.00. The first kappa shape index (κ1) is 13.9. The quantitative estimate of drug-likeness (QED) is 0.680. The van der Waals surface area contributed by atoms with Crippen molar-refractivity contribution >= 4 is 0 Å². The zero-order valence-corrected chi connectivity index (χ0v) is 10.2. The fourth-order valence-corrected chi connectivity index (χ4v) is 1.52. The van der Waals surface area contributed by atoms with E-state index in [1.807, 2.05) is 7.05 Å². The lowest BCUT2D eigenvalue weighted by Gasteiger charge is -2.42. The van der Waals surface area contributed by atoms with E-state index < -0.39 is 0 Å². The molecule has 0 saturated carbocycles. The van der Waals surface area contributed by atoms with Crippen molar-refractivity contribution in [3.63, 3.8) is 0 Å². The van der Waals surface area contributed by atoms with Crippen LogP contribution in [0.1, 0.15) is 40.5 Å². The van der Waals surface area contributed by atoms with E-state index in [4.69, 9.17) is 5.73 Å². The summed E-state index contributed by atoms with van der Waals surface area (Å²) in [7, 11) is 2.04. The Balaban J connectivity index is 4.52. The van der Waals surface area contributed by atoms with E-state index in [0.717, 1.165) is 12.8 Å². The SMILES string of the molecule is CCC(N)C(CO)N(C)C(C)(C)CC. The molecule has 0 amide bonds. The molecule has 0 aromatic carbocycles. The Bertz CT molecular complexity index is 159. The number of aliphatic hydroxyl groups excluding tert-OH is 1. The van der Waals surface area contributed by atoms with Crippen LogP contribution in [-0.2, 0) is 0 Å². The molecule has 0 radical (unpaired) electrons. The lowest BCUT2D eigenvalue weighted by Crippen LogP contribution is -2.55. The molecule has 0 aliphatic rings. The number of rotatable bonds is 6. The van der Waals surface area contributed by atoms with Gasteiger partial charge in [0.05, 0.1) is 6.61 Å². The average Bonchev–Trinajstić information content (AvgIpc) is 2.18. The Morgan fingerprint density at radius 1 is 1.36 bits per heavy atom. The minimum Gasteiger partial charge on any atom is -0.395 e. The topological polar surface area (TPSA) is 49.5 Å². The summed E-state index contributed by atoms with van der Waals surface area (Å²) in [6.45, 7) is 8.70. The molecule has 0 fully saturated rings. The van der Waals surface area contributed by atoms with Crippen LogP contribution in [0.2, 0.25) is 0 Å². The van der Waals surface area contributed by atoms with Gasteiger partial charge < -0.3 is 10.8 Å². The predicted octanol–water partition coefficient (Wildman–Crippen LogP) is 1.20. The molecular formula is C11H26N2O. The third kappa shape index (κ3) is 3.23. The molecule has 0 bridgehead atoms. The summed E-state index contributed by atoms with van der Waals surface area (Å²) < 4.78 is 0. The van der Waals surface area contributed by atoms with Crippen LogP contribution < -0.4 is 5.73 Å². The van der Waals surface area contributed by atoms with Crippen LogP contribution in [0, 0.1) is 0 Å². The molecule has 3 nitrogen and oxygen atoms in total. The summed E-state index contributed by atoms with van der Waals surface area (Å²) in [5.41, 5.74) is 6.08. The molecule has 86 valence electrons. The maximum Gasteiger partial charge on any atom is 0.0602 e. The van der Waals surface area contributed by atoms with Gasteiger partial charge in [-0.2, -0.15) is 0 Å². The van der Waals surface area contributed by atoms with Crippen LogP contribution >= 0.6 is 0 Å². The zero-order chi connectivity index (χ0) is 11.4. The molecular weight excluding hydrogens is 176 g/mol. The molecule has 0 aliphatic heterocycles. The van der Waals surface area contributed by atoms with Gasteiger partial charge in [0.15, 0.2) is 0 Å². The maximum absolute atomic E-state index is 9.34. The van der Waals surface area contributed by atoms with E-state index >= 15 is 0 Å². The largest absolute Gasteiger partial charge is 0.395 e. The maximum atomic E-state index is 9.34. The molecule has 0 aromatic rings. The molecule has 0 saturated heterocycles. The van der Waals surface area contributed by atoms with E-state index in [-0.39, 0.29) is 24.2 Å². The monoisotopic (exact) mass is 202 g/mol. The van der Waals surface area contributed by atoms with Gasteiger partial charge in [0.25, 0.3) is 0 Å². The van der Waals surface area contributed by atoms with Crippen molar-refractivity contribution in [1.29, 1.82) is 0 Å². The third-order valence-electron chi connectivity index (χ3n) is 3.47. The lowest BCUT2D eigenvalue weighted by atomic mass is 9.95. The van der Waals surface area contributed by atoms with Gasteiger partial charge in [-0.3, -0.25) is 4.90 Å². The fourth-order valence-electron chi connectivity index (χ4n) is 1.52. The van der Waals surface area contributed by atoms with Crippen LogP contribution in [0.3, 0.4) is 0 Å². The first-order chi connectivity index (χ1) is 6.40. The second-order valence-corrected chi connectivity index (χ2v) is 4.60. The standard InChI is InChI=1S/C11H26N2O/c1-6-9(12)10(8-14)13(5)11(3,4)7-2/h9-10,14H,6-8,12H2,1-5H3. The van der Waals surface area contributed by atoms with Crippen molar-refractivity contribution < 1.29 is 5.11 Å². The molecule has 0 aromatic heterocycles. The lowest BCUT2D eigenvalue weighted by molar-refractivity contribution is 0.0444. The van der Waals surface area contributed by atoms with Crippen molar-refractivity contribution in [2.24, 2.45) is 5.73 Å². The van der Waals surface area contributed by atoms with Gasteiger partial charge in [0.2, 0.25) is 0 Å². The van der Waals surface area contributed by atoms with Crippen LogP contribution in [0.5, 0.6) is 0 Å². The number of hydrogen-bond acceptors (Lipinski definition) is 3. The van der Waals surface area contributed by atoms with Crippen molar-refractivity contribution in [1.82, 2.24) is 4.90 Å². The van der Waals surface area contributed by atoms with Crippen LogP contribution in [0.4, 0.5) is 0 Å². The van der Waals surface area contributed by atoms with Crippen LogP contribution in [-0.4, -0.2) is 41.3 Å². The highest BCUT2D eigenvalue weighted by atomic mass is 16.3. The van der Waals surface area contributed by atoms with Crippen LogP contribution in [0.25, 0.3) is 0 Å². The van der Waals surface area contributed by atoms with E-state index in [9.17, 15) is 5.11 Å². The number of hydrogen-bond donors (Lipinski definition) is 2. The van der Waals surface area contributed by atoms with Gasteiger partial charge in [-0.05, 0) is 33.7 Å². The molecule has 2 atom stereocenters. The minimum atomic E-state index is 0.0517. The van der Waals surface area contributed by atoms with Crippen molar-refractivity contribution in [2.45, 2.75) is 58.2 Å². The second kappa shape index (κ2) is 5.69. The molecule has 0 spiro atoms. The second-order valence-electron chi connectivity index (χ2n) is 4.60. The minimum absolute atomic E-state index is 0.0517. The summed E-state index contributed by atoms with van der Waals surface area (Å²) in [5, 5.41) is 9.34. The molecule has 14 heavy (non-hydrogen) atoms. The average molecular weight is 202 g/mol. The van der Waals surface area contributed by atoms with E-state index in [1.54, 1.807) is 0 Å². The van der Waals surface area contributed by atoms with Gasteiger partial charge >= 0.3 is 0 Å². The normalized spacial score (nSPS) is 17.1. The van der Waals surface area contributed by atoms with Crippen molar-refractivity contribution in [2.75, 3.05) is 13.7 Å². The van der Waals surface area contributed by atoms with Gasteiger partial charge in [-0.15, -0.1) is 0 Å². The molecule has 0 heterocycles. The molecule has 0 aliphatic carbocycles. The summed E-state index contributed by atoms with van der Waals surface area (Å²) in [4.78, 5) is 2.20. The highest BCUT2D eigenvalue weighted by molar-refractivity contribution is 4.87. The summed E-state index contributed by atoms with van der Waals surface area (Å²) in [5.74, 6) is 0. The van der Waals surface area contributed by atoms with E-state index in [1.165, 1.54) is 0 Å². The van der Waals surface area contributed by atoms with Crippen LogP contribution in [0.15, 0.2) is 0 Å². The molecule has 0 rings (SSSR count). The van der Waals surface area contributed by atoms with Gasteiger partial charge in [-0.25, -0.2) is 0 Å². The highest BCUT2D eigenvalue weighted by Gasteiger charge is 2.30. The Labute approximate surface area is 88.3 Å². The van der Waals surface area contributed by atoms with E-state index in [2.05, 4.69) is 32.6 Å².